The molecule has 140 valence electrons. The first-order valence-corrected chi connectivity index (χ1v) is 9.61. The van der Waals surface area contributed by atoms with Crippen LogP contribution in [-0.2, 0) is 9.59 Å². The topological polar surface area (TPSA) is 46.2 Å². The number of aldehydes is 1. The molecule has 0 aromatic rings. The fourth-order valence-corrected chi connectivity index (χ4v) is 2.19. The van der Waals surface area contributed by atoms with Gasteiger partial charge in [0.1, 0.15) is 6.29 Å². The van der Waals surface area contributed by atoms with Crippen LogP contribution in [0.15, 0.2) is 48.6 Å². The number of allylic oxidation sites excluding steroid dienone is 8. The second-order valence-corrected chi connectivity index (χ2v) is 5.95. The van der Waals surface area contributed by atoms with Gasteiger partial charge in [0.25, 0.3) is 0 Å². The van der Waals surface area contributed by atoms with Crippen LogP contribution >= 0.6 is 0 Å². The maximum absolute atomic E-state index is 11.2. The molecule has 0 spiro atoms. The molecule has 0 aliphatic rings. The van der Waals surface area contributed by atoms with Crippen LogP contribution in [0.5, 0.6) is 0 Å². The van der Waals surface area contributed by atoms with Crippen LogP contribution in [-0.4, -0.2) is 18.7 Å². The first-order valence-electron chi connectivity index (χ1n) is 9.61. The van der Waals surface area contributed by atoms with E-state index in [2.05, 4.69) is 60.8 Å². The van der Waals surface area contributed by atoms with Crippen molar-refractivity contribution in [2.45, 2.75) is 71.1 Å². The number of unbranched alkanes of at least 4 members (excludes halogenated alkanes) is 4. The largest absolute Gasteiger partial charge is 0.349 e. The molecule has 0 aliphatic heterocycles. The zero-order chi connectivity index (χ0) is 18.4. The lowest BCUT2D eigenvalue weighted by Crippen LogP contribution is -2.24. The molecule has 0 fully saturated rings. The van der Waals surface area contributed by atoms with Crippen molar-refractivity contribution in [3.05, 3.63) is 48.6 Å². The van der Waals surface area contributed by atoms with Crippen LogP contribution in [0.2, 0.25) is 0 Å². The molecule has 0 heterocycles. The van der Waals surface area contributed by atoms with E-state index in [0.29, 0.717) is 12.7 Å². The van der Waals surface area contributed by atoms with Crippen molar-refractivity contribution in [2.24, 2.45) is 0 Å². The lowest BCUT2D eigenvalue weighted by atomic mass is 10.2. The maximum Gasteiger partial charge on any atom is 0.220 e. The van der Waals surface area contributed by atoms with Crippen molar-refractivity contribution in [1.82, 2.24) is 5.32 Å². The predicted octanol–water partition coefficient (Wildman–Crippen LogP) is 5.45. The molecule has 1 amide bonds. The molecule has 0 bridgehead atoms. The number of hydrogen-bond donors (Lipinski definition) is 1. The monoisotopic (exact) mass is 345 g/mol. The van der Waals surface area contributed by atoms with Crippen LogP contribution in [0, 0.1) is 0 Å². The highest BCUT2D eigenvalue weighted by atomic mass is 16.2. The number of amides is 1. The van der Waals surface area contributed by atoms with Crippen molar-refractivity contribution in [3.8, 4) is 0 Å². The molecule has 25 heavy (non-hydrogen) atoms. The molecule has 0 saturated carbocycles. The van der Waals surface area contributed by atoms with E-state index in [0.717, 1.165) is 32.1 Å². The molecular weight excluding hydrogens is 310 g/mol. The highest BCUT2D eigenvalue weighted by Crippen LogP contribution is 2.01. The first-order chi connectivity index (χ1) is 12.3. The van der Waals surface area contributed by atoms with Gasteiger partial charge in [-0.2, -0.15) is 0 Å². The van der Waals surface area contributed by atoms with Crippen molar-refractivity contribution < 1.29 is 9.59 Å². The van der Waals surface area contributed by atoms with Gasteiger partial charge in [0.2, 0.25) is 5.91 Å². The van der Waals surface area contributed by atoms with Crippen molar-refractivity contribution in [2.75, 3.05) is 6.54 Å². The zero-order valence-electron chi connectivity index (χ0n) is 15.8. The van der Waals surface area contributed by atoms with Crippen molar-refractivity contribution in [1.29, 1.82) is 0 Å². The van der Waals surface area contributed by atoms with E-state index >= 15 is 0 Å². The van der Waals surface area contributed by atoms with E-state index in [1.165, 1.54) is 25.7 Å². The van der Waals surface area contributed by atoms with Gasteiger partial charge >= 0.3 is 0 Å². The van der Waals surface area contributed by atoms with Crippen molar-refractivity contribution >= 4 is 12.2 Å². The van der Waals surface area contributed by atoms with Gasteiger partial charge in [-0.3, -0.25) is 4.79 Å². The standard InChI is InChI=1S/C22H35NO2/c1-2-3-4-5-6-7-8-9-10-11-12-13-14-15-16-17-18-19-22(25)23-20-21-24/h6-7,9-10,12-13,15-16,21H,2-5,8,11,14,17-20H2,1H3,(H,23,25). The van der Waals surface area contributed by atoms with Crippen LogP contribution in [0.3, 0.4) is 0 Å². The molecule has 0 atom stereocenters. The van der Waals surface area contributed by atoms with Gasteiger partial charge in [-0.25, -0.2) is 0 Å². The second-order valence-electron chi connectivity index (χ2n) is 5.95. The number of carbonyl (C=O) groups is 2. The number of carbonyl (C=O) groups excluding carboxylic acids is 2. The van der Waals surface area contributed by atoms with Gasteiger partial charge in [0.15, 0.2) is 0 Å². The molecule has 0 radical (unpaired) electrons. The molecule has 0 unspecified atom stereocenters. The van der Waals surface area contributed by atoms with Gasteiger partial charge in [-0.15, -0.1) is 0 Å². The van der Waals surface area contributed by atoms with E-state index in [1.807, 2.05) is 0 Å². The normalized spacial score (nSPS) is 12.0. The lowest BCUT2D eigenvalue weighted by Gasteiger charge is -1.98. The Morgan fingerprint density at radius 2 is 1.28 bits per heavy atom. The third-order valence-corrected chi connectivity index (χ3v) is 3.61. The Balaban J connectivity index is 3.46. The summed E-state index contributed by atoms with van der Waals surface area (Å²) in [5.41, 5.74) is 0. The maximum atomic E-state index is 11.2. The van der Waals surface area contributed by atoms with Gasteiger partial charge in [-0.1, -0.05) is 68.4 Å². The average Bonchev–Trinajstić information content (AvgIpc) is 2.62. The Hall–Kier alpha value is -1.90. The molecule has 0 rings (SSSR count). The van der Waals surface area contributed by atoms with E-state index in [4.69, 9.17) is 0 Å². The lowest BCUT2D eigenvalue weighted by molar-refractivity contribution is -0.122. The summed E-state index contributed by atoms with van der Waals surface area (Å²) in [5.74, 6) is -0.0528. The first kappa shape index (κ1) is 23.1. The van der Waals surface area contributed by atoms with Crippen LogP contribution < -0.4 is 5.32 Å². The Bertz CT molecular complexity index is 433. The molecule has 3 heteroatoms. The van der Waals surface area contributed by atoms with Gasteiger partial charge in [0, 0.05) is 6.42 Å². The number of nitrogens with one attached hydrogen (secondary N) is 1. The fraction of sp³-hybridized carbons (Fsp3) is 0.545. The number of hydrogen-bond acceptors (Lipinski definition) is 2. The zero-order valence-corrected chi connectivity index (χ0v) is 15.8. The fourth-order valence-electron chi connectivity index (χ4n) is 2.19. The Kier molecular flexibility index (Phi) is 18.6. The molecule has 0 aliphatic carbocycles. The third kappa shape index (κ3) is 20.1. The average molecular weight is 346 g/mol. The number of rotatable bonds is 16. The summed E-state index contributed by atoms with van der Waals surface area (Å²) < 4.78 is 0. The summed E-state index contributed by atoms with van der Waals surface area (Å²) in [4.78, 5) is 21.3. The predicted molar refractivity (Wildman–Crippen MR) is 107 cm³/mol. The minimum Gasteiger partial charge on any atom is -0.349 e. The summed E-state index contributed by atoms with van der Waals surface area (Å²) in [6.07, 6.45) is 28.5. The smallest absolute Gasteiger partial charge is 0.220 e. The third-order valence-electron chi connectivity index (χ3n) is 3.61. The molecular formula is C22H35NO2. The van der Waals surface area contributed by atoms with Crippen molar-refractivity contribution in [3.63, 3.8) is 0 Å². The van der Waals surface area contributed by atoms with E-state index < -0.39 is 0 Å². The van der Waals surface area contributed by atoms with E-state index in [1.54, 1.807) is 0 Å². The van der Waals surface area contributed by atoms with Crippen LogP contribution in [0.4, 0.5) is 0 Å². The van der Waals surface area contributed by atoms with Gasteiger partial charge in [0.05, 0.1) is 6.54 Å². The summed E-state index contributed by atoms with van der Waals surface area (Å²) in [7, 11) is 0. The summed E-state index contributed by atoms with van der Waals surface area (Å²) in [6, 6.07) is 0. The molecule has 3 nitrogen and oxygen atoms in total. The Morgan fingerprint density at radius 3 is 1.80 bits per heavy atom. The summed E-state index contributed by atoms with van der Waals surface area (Å²) in [5, 5.41) is 2.53. The minimum absolute atomic E-state index is 0.0528. The Labute approximate surface area is 154 Å². The van der Waals surface area contributed by atoms with Crippen LogP contribution in [0.1, 0.15) is 71.1 Å². The molecule has 0 aromatic carbocycles. The van der Waals surface area contributed by atoms with Gasteiger partial charge < -0.3 is 10.1 Å². The Morgan fingerprint density at radius 1 is 0.760 bits per heavy atom. The molecule has 0 aromatic heterocycles. The SMILES string of the molecule is CCCCCC=CCC=CCC=CCC=CCCCC(=O)NCC=O. The molecule has 1 N–H and O–H groups in total. The van der Waals surface area contributed by atoms with Gasteiger partial charge in [-0.05, 0) is 44.9 Å². The van der Waals surface area contributed by atoms with E-state index in [-0.39, 0.29) is 12.5 Å². The summed E-state index contributed by atoms with van der Waals surface area (Å²) >= 11 is 0. The minimum atomic E-state index is -0.0528. The summed E-state index contributed by atoms with van der Waals surface area (Å²) in [6.45, 7) is 2.35. The highest BCUT2D eigenvalue weighted by Gasteiger charge is 1.97. The van der Waals surface area contributed by atoms with E-state index in [9.17, 15) is 9.59 Å². The highest BCUT2D eigenvalue weighted by molar-refractivity contribution is 5.78. The van der Waals surface area contributed by atoms with Crippen LogP contribution in [0.25, 0.3) is 0 Å². The molecule has 0 saturated heterocycles. The quantitative estimate of drug-likeness (QED) is 0.230. The second kappa shape index (κ2) is 20.1.